The third-order valence-electron chi connectivity index (χ3n) is 4.56. The average Bonchev–Trinajstić information content (AvgIpc) is 3.40. The molecule has 1 N–H and O–H groups in total. The van der Waals surface area contributed by atoms with Crippen LogP contribution < -0.4 is 5.32 Å². The number of amides is 2. The molecule has 0 radical (unpaired) electrons. The van der Waals surface area contributed by atoms with Gasteiger partial charge in [0.1, 0.15) is 0 Å². The van der Waals surface area contributed by atoms with Crippen LogP contribution in [0.1, 0.15) is 11.3 Å². The lowest BCUT2D eigenvalue weighted by Crippen LogP contribution is -2.31. The predicted molar refractivity (Wildman–Crippen MR) is 112 cm³/mol. The summed E-state index contributed by atoms with van der Waals surface area (Å²) in [7, 11) is 1.62. The van der Waals surface area contributed by atoms with Crippen LogP contribution in [0.2, 0.25) is 4.34 Å². The molecule has 0 saturated heterocycles. The zero-order valence-corrected chi connectivity index (χ0v) is 17.4. The smallest absolute Gasteiger partial charge is 0.323 e. The van der Waals surface area contributed by atoms with Gasteiger partial charge in [-0.25, -0.2) is 9.78 Å². The Morgan fingerprint density at radius 2 is 2.20 bits per heavy atom. The molecule has 0 unspecified atom stereocenters. The van der Waals surface area contributed by atoms with Crippen molar-refractivity contribution in [3.63, 3.8) is 0 Å². The molecule has 0 aliphatic carbocycles. The number of hydrogen-bond donors (Lipinski definition) is 1. The van der Waals surface area contributed by atoms with Gasteiger partial charge in [-0.05, 0) is 18.2 Å². The minimum Gasteiger partial charge on any atom is -0.383 e. The van der Waals surface area contributed by atoms with Crippen LogP contribution in [0.25, 0.3) is 10.6 Å². The molecule has 12 heteroatoms. The van der Waals surface area contributed by atoms with Gasteiger partial charge in [0, 0.05) is 24.9 Å². The maximum atomic E-state index is 12.7. The van der Waals surface area contributed by atoms with Crippen LogP contribution in [0.5, 0.6) is 0 Å². The molecule has 0 bridgehead atoms. The number of hydrogen-bond acceptors (Lipinski definition) is 7. The number of nitrogens with zero attached hydrogens (tertiary/aromatic N) is 5. The maximum Gasteiger partial charge on any atom is 0.323 e. The average molecular weight is 449 g/mol. The highest BCUT2D eigenvalue weighted by Crippen LogP contribution is 2.33. The van der Waals surface area contributed by atoms with Crippen LogP contribution >= 0.6 is 22.9 Å². The summed E-state index contributed by atoms with van der Waals surface area (Å²) in [5, 5.41) is 18.4. The van der Waals surface area contributed by atoms with E-state index in [1.54, 1.807) is 23.9 Å². The molecule has 4 heterocycles. The minimum atomic E-state index is -0.577. The fourth-order valence-electron chi connectivity index (χ4n) is 3.11. The molecule has 156 valence electrons. The number of thiophene rings is 1. The van der Waals surface area contributed by atoms with E-state index < -0.39 is 11.0 Å². The molecule has 3 aromatic heterocycles. The molecule has 4 rings (SSSR count). The van der Waals surface area contributed by atoms with E-state index in [9.17, 15) is 14.9 Å². The molecule has 1 aliphatic heterocycles. The number of ether oxygens (including phenoxy) is 1. The largest absolute Gasteiger partial charge is 0.383 e. The van der Waals surface area contributed by atoms with Crippen molar-refractivity contribution in [3.05, 3.63) is 56.2 Å². The lowest BCUT2D eigenvalue weighted by atomic mass is 10.3. The third-order valence-corrected chi connectivity index (χ3v) is 5.81. The van der Waals surface area contributed by atoms with Gasteiger partial charge in [0.15, 0.2) is 0 Å². The summed E-state index contributed by atoms with van der Waals surface area (Å²) < 4.78 is 7.40. The topological polar surface area (TPSA) is 115 Å². The number of fused-ring (bicyclic) bond motifs is 1. The fraction of sp³-hybridized carbons (Fsp3) is 0.278. The normalized spacial score (nSPS) is 12.8. The Kier molecular flexibility index (Phi) is 5.66. The van der Waals surface area contributed by atoms with Crippen molar-refractivity contribution in [2.75, 3.05) is 19.0 Å². The van der Waals surface area contributed by atoms with E-state index in [0.29, 0.717) is 36.3 Å². The van der Waals surface area contributed by atoms with Crippen molar-refractivity contribution >= 4 is 40.5 Å². The van der Waals surface area contributed by atoms with Crippen molar-refractivity contribution in [1.29, 1.82) is 0 Å². The Balaban J connectivity index is 1.51. The Labute approximate surface area is 180 Å². The summed E-state index contributed by atoms with van der Waals surface area (Å²) in [4.78, 5) is 30.1. The van der Waals surface area contributed by atoms with E-state index in [1.165, 1.54) is 28.4 Å². The van der Waals surface area contributed by atoms with Crippen LogP contribution in [0, 0.1) is 10.1 Å². The number of aromatic nitrogens is 3. The van der Waals surface area contributed by atoms with Crippen molar-refractivity contribution in [2.24, 2.45) is 0 Å². The van der Waals surface area contributed by atoms with Gasteiger partial charge in [0.25, 0.3) is 0 Å². The van der Waals surface area contributed by atoms with E-state index in [-0.39, 0.29) is 11.5 Å². The number of urea groups is 1. The summed E-state index contributed by atoms with van der Waals surface area (Å²) in [6, 6.07) is 5.87. The van der Waals surface area contributed by atoms with Crippen molar-refractivity contribution in [1.82, 2.24) is 19.7 Å². The number of anilines is 1. The number of methoxy groups -OCH3 is 1. The summed E-state index contributed by atoms with van der Waals surface area (Å²) in [6.45, 7) is 1.86. The molecule has 1 aliphatic rings. The first-order chi connectivity index (χ1) is 14.4. The van der Waals surface area contributed by atoms with Crippen LogP contribution in [0.3, 0.4) is 0 Å². The predicted octanol–water partition coefficient (Wildman–Crippen LogP) is 3.76. The Bertz CT molecular complexity index is 1090. The molecule has 3 aromatic rings. The second kappa shape index (κ2) is 8.38. The second-order valence-corrected chi connectivity index (χ2v) is 8.28. The molecule has 30 heavy (non-hydrogen) atoms. The highest BCUT2D eigenvalue weighted by molar-refractivity contribution is 7.19. The molecular formula is C18H17ClN6O4S. The van der Waals surface area contributed by atoms with Gasteiger partial charge >= 0.3 is 11.7 Å². The number of carbonyl (C=O) groups excluding carboxylic acids is 1. The minimum absolute atomic E-state index is 0.110. The first-order valence-corrected chi connectivity index (χ1v) is 10.1. The quantitative estimate of drug-likeness (QED) is 0.453. The van der Waals surface area contributed by atoms with Crippen molar-refractivity contribution in [3.8, 4) is 10.6 Å². The molecule has 2 amide bonds. The van der Waals surface area contributed by atoms with Gasteiger partial charge in [0.05, 0.1) is 51.8 Å². The van der Waals surface area contributed by atoms with Gasteiger partial charge in [-0.3, -0.25) is 20.1 Å². The lowest BCUT2D eigenvalue weighted by Gasteiger charge is -2.16. The van der Waals surface area contributed by atoms with E-state index in [4.69, 9.17) is 16.3 Å². The van der Waals surface area contributed by atoms with Gasteiger partial charge in [-0.1, -0.05) is 11.6 Å². The monoisotopic (exact) mass is 448 g/mol. The molecular weight excluding hydrogens is 432 g/mol. The van der Waals surface area contributed by atoms with Gasteiger partial charge in [0.2, 0.25) is 5.82 Å². The standard InChI is InChI=1S/C18H17ClN6O4S/c1-29-7-6-24-9-11-8-23(10-13(11)22-24)18(26)21-17-14(25(27)28)3-2-12(20-17)15-4-5-16(19)30-15/h2-5,9H,6-8,10H2,1H3,(H,20,21,26). The number of carbonyl (C=O) groups is 1. The number of halogens is 1. The Morgan fingerprint density at radius 3 is 2.87 bits per heavy atom. The highest BCUT2D eigenvalue weighted by Gasteiger charge is 2.28. The van der Waals surface area contributed by atoms with Crippen molar-refractivity contribution in [2.45, 2.75) is 19.6 Å². The first-order valence-electron chi connectivity index (χ1n) is 8.96. The van der Waals surface area contributed by atoms with Crippen LogP contribution in [-0.4, -0.2) is 44.3 Å². The zero-order chi connectivity index (χ0) is 21.3. The lowest BCUT2D eigenvalue weighted by molar-refractivity contribution is -0.384. The van der Waals surface area contributed by atoms with E-state index >= 15 is 0 Å². The third kappa shape index (κ3) is 4.13. The summed E-state index contributed by atoms with van der Waals surface area (Å²) in [5.41, 5.74) is 1.94. The first kappa shape index (κ1) is 20.3. The Hall–Kier alpha value is -3.02. The molecule has 0 atom stereocenters. The molecule has 10 nitrogen and oxygen atoms in total. The molecule has 0 fully saturated rings. The number of rotatable bonds is 6. The zero-order valence-electron chi connectivity index (χ0n) is 15.9. The maximum absolute atomic E-state index is 12.7. The molecule has 0 saturated carbocycles. The van der Waals surface area contributed by atoms with Gasteiger partial charge in [-0.15, -0.1) is 11.3 Å². The van der Waals surface area contributed by atoms with E-state index in [1.807, 2.05) is 6.20 Å². The van der Waals surface area contributed by atoms with Gasteiger partial charge in [-0.2, -0.15) is 5.10 Å². The summed E-state index contributed by atoms with van der Waals surface area (Å²) >= 11 is 7.26. The number of nitro groups is 1. The summed E-state index contributed by atoms with van der Waals surface area (Å²) in [5.74, 6) is -0.110. The van der Waals surface area contributed by atoms with E-state index in [0.717, 1.165) is 16.1 Å². The van der Waals surface area contributed by atoms with Crippen LogP contribution in [-0.2, 0) is 24.4 Å². The van der Waals surface area contributed by atoms with Crippen molar-refractivity contribution < 1.29 is 14.5 Å². The van der Waals surface area contributed by atoms with Crippen LogP contribution in [0.15, 0.2) is 30.5 Å². The van der Waals surface area contributed by atoms with Crippen LogP contribution in [0.4, 0.5) is 16.3 Å². The number of nitrogens with one attached hydrogen (secondary N) is 1. The van der Waals surface area contributed by atoms with E-state index in [2.05, 4.69) is 15.4 Å². The summed E-state index contributed by atoms with van der Waals surface area (Å²) in [6.07, 6.45) is 1.88. The molecule has 0 spiro atoms. The SMILES string of the molecule is COCCn1cc2c(n1)CN(C(=O)Nc1nc(-c3ccc(Cl)s3)ccc1[N+](=O)[O-])C2. The Morgan fingerprint density at radius 1 is 1.37 bits per heavy atom. The highest BCUT2D eigenvalue weighted by atomic mass is 35.5. The second-order valence-electron chi connectivity index (χ2n) is 6.57. The fourth-order valence-corrected chi connectivity index (χ4v) is 4.13. The van der Waals surface area contributed by atoms with Gasteiger partial charge < -0.3 is 9.64 Å². The molecule has 0 aromatic carbocycles. The number of pyridine rings is 1.